The van der Waals surface area contributed by atoms with E-state index in [2.05, 4.69) is 41.2 Å². The highest BCUT2D eigenvalue weighted by Crippen LogP contribution is 2.31. The van der Waals surface area contributed by atoms with Crippen LogP contribution in [-0.4, -0.2) is 48.0 Å². The molecule has 0 radical (unpaired) electrons. The first-order valence-electron chi connectivity index (χ1n) is 10.3. The second-order valence-electron chi connectivity index (χ2n) is 8.10. The van der Waals surface area contributed by atoms with E-state index in [1.807, 2.05) is 0 Å². The molecular weight excluding hydrogens is 322 g/mol. The topological polar surface area (TPSA) is 32.7 Å². The molecule has 1 saturated heterocycles. The first kappa shape index (κ1) is 19.4. The number of aliphatic hydroxyl groups excluding tert-OH is 1. The summed E-state index contributed by atoms with van der Waals surface area (Å²) in [5.74, 6) is 3.62. The summed E-state index contributed by atoms with van der Waals surface area (Å²) in [5, 5.41) is 10.4. The van der Waals surface area contributed by atoms with Gasteiger partial charge in [-0.25, -0.2) is 0 Å². The van der Waals surface area contributed by atoms with Gasteiger partial charge in [0, 0.05) is 6.54 Å². The molecule has 1 heterocycles. The summed E-state index contributed by atoms with van der Waals surface area (Å²) in [4.78, 5) is 2.37. The summed E-state index contributed by atoms with van der Waals surface area (Å²) in [6.45, 7) is 3.18. The number of ether oxygens (including phenoxy) is 1. The molecule has 26 heavy (non-hydrogen) atoms. The molecular formula is C23H33NO2. The molecule has 1 aliphatic heterocycles. The van der Waals surface area contributed by atoms with Gasteiger partial charge >= 0.3 is 0 Å². The maximum atomic E-state index is 10.4. The largest absolute Gasteiger partial charge is 0.389 e. The Morgan fingerprint density at radius 2 is 1.85 bits per heavy atom. The van der Waals surface area contributed by atoms with Crippen LogP contribution in [0.1, 0.15) is 50.5 Å². The monoisotopic (exact) mass is 355 g/mol. The highest BCUT2D eigenvalue weighted by atomic mass is 16.5. The van der Waals surface area contributed by atoms with Crippen LogP contribution in [-0.2, 0) is 11.2 Å². The number of β-amino-alcohol motifs (C(OH)–C–C–N with tert-alkyl or cyclic N) is 1. The Morgan fingerprint density at radius 3 is 2.50 bits per heavy atom. The van der Waals surface area contributed by atoms with Crippen LogP contribution in [0.15, 0.2) is 30.3 Å². The van der Waals surface area contributed by atoms with E-state index in [-0.39, 0.29) is 0 Å². The van der Waals surface area contributed by atoms with Gasteiger partial charge in [0.15, 0.2) is 0 Å². The van der Waals surface area contributed by atoms with Crippen molar-refractivity contribution in [3.63, 3.8) is 0 Å². The zero-order valence-corrected chi connectivity index (χ0v) is 15.9. The fourth-order valence-corrected chi connectivity index (χ4v) is 4.38. The third kappa shape index (κ3) is 5.58. The maximum absolute atomic E-state index is 10.4. The van der Waals surface area contributed by atoms with Crippen LogP contribution in [0.2, 0.25) is 0 Å². The lowest BCUT2D eigenvalue weighted by molar-refractivity contribution is -0.0710. The number of nitrogens with zero attached hydrogens (tertiary/aromatic N) is 1. The van der Waals surface area contributed by atoms with Gasteiger partial charge in [-0.2, -0.15) is 0 Å². The molecule has 1 saturated carbocycles. The predicted octanol–water partition coefficient (Wildman–Crippen LogP) is 3.65. The number of benzene rings is 1. The average Bonchev–Trinajstić information content (AvgIpc) is 2.69. The van der Waals surface area contributed by atoms with Gasteiger partial charge < -0.3 is 14.7 Å². The molecule has 1 N–H and O–H groups in total. The molecule has 1 aromatic rings. The van der Waals surface area contributed by atoms with E-state index in [0.717, 1.165) is 44.7 Å². The Kier molecular flexibility index (Phi) is 7.14. The van der Waals surface area contributed by atoms with Crippen LogP contribution >= 0.6 is 0 Å². The molecule has 1 unspecified atom stereocenters. The normalized spacial score (nSPS) is 22.6. The van der Waals surface area contributed by atoms with Gasteiger partial charge in [-0.1, -0.05) is 42.7 Å². The van der Waals surface area contributed by atoms with Crippen molar-refractivity contribution in [3.8, 4) is 12.3 Å². The van der Waals surface area contributed by atoms with Gasteiger partial charge in [-0.15, -0.1) is 6.42 Å². The fourth-order valence-electron chi connectivity index (χ4n) is 4.38. The Morgan fingerprint density at radius 1 is 1.15 bits per heavy atom. The van der Waals surface area contributed by atoms with Crippen LogP contribution in [0.3, 0.4) is 0 Å². The van der Waals surface area contributed by atoms with Crippen molar-refractivity contribution in [2.24, 2.45) is 5.92 Å². The van der Waals surface area contributed by atoms with Gasteiger partial charge in [0.1, 0.15) is 5.60 Å². The molecule has 0 spiro atoms. The van der Waals surface area contributed by atoms with Crippen molar-refractivity contribution in [1.29, 1.82) is 0 Å². The highest BCUT2D eigenvalue weighted by molar-refractivity contribution is 5.15. The van der Waals surface area contributed by atoms with E-state index in [4.69, 9.17) is 11.2 Å². The lowest BCUT2D eigenvalue weighted by atomic mass is 9.85. The molecule has 3 rings (SSSR count). The number of terminal acetylenes is 1. The summed E-state index contributed by atoms with van der Waals surface area (Å²) in [5.41, 5.74) is 1.01. The maximum Gasteiger partial charge on any atom is 0.128 e. The molecule has 142 valence electrons. The Hall–Kier alpha value is -1.34. The molecule has 3 nitrogen and oxygen atoms in total. The van der Waals surface area contributed by atoms with Crippen molar-refractivity contribution in [2.75, 3.05) is 26.2 Å². The summed E-state index contributed by atoms with van der Waals surface area (Å²) >= 11 is 0. The zero-order valence-electron chi connectivity index (χ0n) is 15.9. The Labute approximate surface area is 158 Å². The van der Waals surface area contributed by atoms with E-state index in [9.17, 15) is 5.11 Å². The van der Waals surface area contributed by atoms with E-state index in [0.29, 0.717) is 13.2 Å². The number of aliphatic hydroxyl groups is 1. The predicted molar refractivity (Wildman–Crippen MR) is 106 cm³/mol. The van der Waals surface area contributed by atoms with Crippen LogP contribution in [0, 0.1) is 18.3 Å². The molecule has 2 aliphatic rings. The lowest BCUT2D eigenvalue weighted by Gasteiger charge is -2.35. The van der Waals surface area contributed by atoms with Gasteiger partial charge in [0.2, 0.25) is 0 Å². The van der Waals surface area contributed by atoms with Crippen LogP contribution < -0.4 is 0 Å². The van der Waals surface area contributed by atoms with E-state index in [1.165, 1.54) is 31.2 Å². The van der Waals surface area contributed by atoms with Crippen LogP contribution in [0.25, 0.3) is 0 Å². The van der Waals surface area contributed by atoms with Crippen molar-refractivity contribution in [2.45, 2.75) is 63.1 Å². The average molecular weight is 356 g/mol. The van der Waals surface area contributed by atoms with Crippen molar-refractivity contribution in [1.82, 2.24) is 4.90 Å². The smallest absolute Gasteiger partial charge is 0.128 e. The van der Waals surface area contributed by atoms with Crippen molar-refractivity contribution < 1.29 is 9.84 Å². The van der Waals surface area contributed by atoms with E-state index in [1.54, 1.807) is 0 Å². The lowest BCUT2D eigenvalue weighted by Crippen LogP contribution is -2.42. The molecule has 0 amide bonds. The molecule has 3 heteroatoms. The summed E-state index contributed by atoms with van der Waals surface area (Å²) in [6, 6.07) is 10.8. The fraction of sp³-hybridized carbons (Fsp3) is 0.652. The first-order valence-corrected chi connectivity index (χ1v) is 10.3. The van der Waals surface area contributed by atoms with E-state index < -0.39 is 11.7 Å². The standard InChI is InChI=1S/C23H33NO2/c1-2-23(13-7-4-8-14-23)26-19-22(25)18-24-15-11-21(12-16-24)17-20-9-5-3-6-10-20/h1,3,5-6,9-10,21-22,25H,4,7-8,11-19H2. The quantitative estimate of drug-likeness (QED) is 0.758. The second-order valence-corrected chi connectivity index (χ2v) is 8.10. The van der Waals surface area contributed by atoms with Crippen LogP contribution in [0.4, 0.5) is 0 Å². The second kappa shape index (κ2) is 9.55. The van der Waals surface area contributed by atoms with Gasteiger partial charge in [0.25, 0.3) is 0 Å². The van der Waals surface area contributed by atoms with Gasteiger partial charge in [-0.05, 0) is 69.5 Å². The summed E-state index contributed by atoms with van der Waals surface area (Å²) in [7, 11) is 0. The minimum atomic E-state index is -0.451. The molecule has 2 fully saturated rings. The Balaban J connectivity index is 1.36. The minimum Gasteiger partial charge on any atom is -0.389 e. The molecule has 1 atom stereocenters. The number of hydrogen-bond acceptors (Lipinski definition) is 3. The third-order valence-electron chi connectivity index (χ3n) is 6.02. The SMILES string of the molecule is C#CC1(OCC(O)CN2CCC(Cc3ccccc3)CC2)CCCCC1. The molecule has 0 aromatic heterocycles. The highest BCUT2D eigenvalue weighted by Gasteiger charge is 2.31. The van der Waals surface area contributed by atoms with E-state index >= 15 is 0 Å². The zero-order chi connectivity index (χ0) is 18.2. The third-order valence-corrected chi connectivity index (χ3v) is 6.02. The number of piperidine rings is 1. The summed E-state index contributed by atoms with van der Waals surface area (Å²) < 4.78 is 6.01. The van der Waals surface area contributed by atoms with Gasteiger partial charge in [0.05, 0.1) is 12.7 Å². The minimum absolute atomic E-state index is 0.355. The van der Waals surface area contributed by atoms with Gasteiger partial charge in [-0.3, -0.25) is 0 Å². The molecule has 1 aliphatic carbocycles. The summed E-state index contributed by atoms with van der Waals surface area (Å²) in [6.07, 6.45) is 14.2. The number of hydrogen-bond donors (Lipinski definition) is 1. The number of likely N-dealkylation sites (tertiary alicyclic amines) is 1. The van der Waals surface area contributed by atoms with Crippen molar-refractivity contribution >= 4 is 0 Å². The molecule has 1 aromatic carbocycles. The molecule has 0 bridgehead atoms. The Bertz CT molecular complexity index is 566. The van der Waals surface area contributed by atoms with Crippen LogP contribution in [0.5, 0.6) is 0 Å². The van der Waals surface area contributed by atoms with Crippen molar-refractivity contribution in [3.05, 3.63) is 35.9 Å². The first-order chi connectivity index (χ1) is 12.7. The number of rotatable bonds is 7.